The lowest BCUT2D eigenvalue weighted by Gasteiger charge is -2.04. The third kappa shape index (κ3) is 3.65. The van der Waals surface area contributed by atoms with E-state index in [9.17, 15) is 4.79 Å². The Morgan fingerprint density at radius 1 is 1.28 bits per heavy atom. The van der Waals surface area contributed by atoms with Gasteiger partial charge in [-0.25, -0.2) is 0 Å². The minimum atomic E-state index is -0.244. The van der Waals surface area contributed by atoms with Crippen molar-refractivity contribution in [1.82, 2.24) is 4.72 Å². The van der Waals surface area contributed by atoms with Gasteiger partial charge in [-0.1, -0.05) is 23.2 Å². The molecule has 0 aliphatic heterocycles. The molecular formula is C11H6BrCl2NOS2. The molecule has 7 heteroatoms. The topological polar surface area (TPSA) is 29.1 Å². The Bertz CT molecular complexity index is 588. The zero-order valence-electron chi connectivity index (χ0n) is 8.75. The Balaban J connectivity index is 2.03. The first-order valence-electron chi connectivity index (χ1n) is 4.74. The molecule has 18 heavy (non-hydrogen) atoms. The average Bonchev–Trinajstić information content (AvgIpc) is 2.72. The van der Waals surface area contributed by atoms with Crippen LogP contribution in [0.15, 0.2) is 38.3 Å². The zero-order chi connectivity index (χ0) is 13.1. The van der Waals surface area contributed by atoms with E-state index >= 15 is 0 Å². The van der Waals surface area contributed by atoms with Crippen molar-refractivity contribution in [2.45, 2.75) is 4.21 Å². The van der Waals surface area contributed by atoms with Crippen LogP contribution in [0.4, 0.5) is 0 Å². The van der Waals surface area contributed by atoms with E-state index < -0.39 is 0 Å². The maximum Gasteiger partial charge on any atom is 0.262 e. The monoisotopic (exact) mass is 381 g/mol. The molecule has 0 spiro atoms. The lowest BCUT2D eigenvalue weighted by atomic mass is 10.2. The van der Waals surface area contributed by atoms with E-state index in [1.807, 2.05) is 12.1 Å². The molecule has 1 heterocycles. The van der Waals surface area contributed by atoms with Gasteiger partial charge < -0.3 is 0 Å². The Labute approximate surface area is 131 Å². The van der Waals surface area contributed by atoms with Crippen molar-refractivity contribution in [3.05, 3.63) is 49.7 Å². The molecule has 2 aromatic rings. The van der Waals surface area contributed by atoms with Crippen LogP contribution in [0.25, 0.3) is 0 Å². The fourth-order valence-electron chi connectivity index (χ4n) is 1.18. The summed E-state index contributed by atoms with van der Waals surface area (Å²) in [6.07, 6.45) is 0. The number of hydrogen-bond acceptors (Lipinski definition) is 3. The van der Waals surface area contributed by atoms with Gasteiger partial charge in [-0.3, -0.25) is 9.52 Å². The van der Waals surface area contributed by atoms with Crippen LogP contribution in [0.1, 0.15) is 10.4 Å². The molecule has 0 aliphatic rings. The fraction of sp³-hybridized carbons (Fsp3) is 0. The third-order valence-electron chi connectivity index (χ3n) is 1.97. The van der Waals surface area contributed by atoms with Crippen LogP contribution < -0.4 is 4.72 Å². The first kappa shape index (κ1) is 14.2. The molecule has 0 unspecified atom stereocenters. The van der Waals surface area contributed by atoms with E-state index in [1.54, 1.807) is 29.5 Å². The number of amides is 1. The van der Waals surface area contributed by atoms with Crippen molar-refractivity contribution >= 4 is 68.3 Å². The molecule has 0 saturated heterocycles. The van der Waals surface area contributed by atoms with E-state index in [-0.39, 0.29) is 5.91 Å². The van der Waals surface area contributed by atoms with Crippen LogP contribution in [-0.2, 0) is 0 Å². The molecule has 0 radical (unpaired) electrons. The Kier molecular flexibility index (Phi) is 4.98. The molecule has 2 nitrogen and oxygen atoms in total. The molecule has 0 fully saturated rings. The molecular weight excluding hydrogens is 377 g/mol. The van der Waals surface area contributed by atoms with Crippen molar-refractivity contribution in [2.75, 3.05) is 0 Å². The molecule has 1 aromatic carbocycles. The quantitative estimate of drug-likeness (QED) is 0.734. The van der Waals surface area contributed by atoms with E-state index in [0.717, 1.165) is 8.00 Å². The highest BCUT2D eigenvalue weighted by Gasteiger charge is 2.11. The van der Waals surface area contributed by atoms with Crippen molar-refractivity contribution in [2.24, 2.45) is 0 Å². The summed E-state index contributed by atoms with van der Waals surface area (Å²) in [5.74, 6) is -0.244. The van der Waals surface area contributed by atoms with Gasteiger partial charge in [0.1, 0.15) is 0 Å². The summed E-state index contributed by atoms with van der Waals surface area (Å²) < 4.78 is 4.73. The summed E-state index contributed by atoms with van der Waals surface area (Å²) in [5.41, 5.74) is 0.407. The van der Waals surface area contributed by atoms with Crippen molar-refractivity contribution in [3.63, 3.8) is 0 Å². The highest BCUT2D eigenvalue weighted by atomic mass is 79.9. The van der Waals surface area contributed by atoms with E-state index in [2.05, 4.69) is 20.7 Å². The first-order valence-corrected chi connectivity index (χ1v) is 7.92. The summed E-state index contributed by atoms with van der Waals surface area (Å²) in [5, 5.41) is 0.847. The largest absolute Gasteiger partial charge is 0.291 e. The van der Waals surface area contributed by atoms with Crippen LogP contribution in [0.5, 0.6) is 0 Å². The number of rotatable bonds is 3. The highest BCUT2D eigenvalue weighted by Crippen LogP contribution is 2.29. The SMILES string of the molecule is O=C(NSc1ccc(Br)s1)c1ccc(Cl)cc1Cl. The van der Waals surface area contributed by atoms with Crippen LogP contribution in [0.2, 0.25) is 10.0 Å². The van der Waals surface area contributed by atoms with Crippen molar-refractivity contribution < 1.29 is 4.79 Å². The van der Waals surface area contributed by atoms with Gasteiger partial charge in [-0.2, -0.15) is 0 Å². The van der Waals surface area contributed by atoms with Gasteiger partial charge in [0.25, 0.3) is 5.91 Å². The predicted molar refractivity (Wildman–Crippen MR) is 81.8 cm³/mol. The first-order chi connectivity index (χ1) is 8.56. The minimum Gasteiger partial charge on any atom is -0.291 e. The molecule has 0 saturated carbocycles. The number of halogens is 3. The summed E-state index contributed by atoms with van der Waals surface area (Å²) in [6.45, 7) is 0. The van der Waals surface area contributed by atoms with Gasteiger partial charge in [-0.15, -0.1) is 11.3 Å². The lowest BCUT2D eigenvalue weighted by Crippen LogP contribution is -2.15. The van der Waals surface area contributed by atoms with Crippen LogP contribution in [0, 0.1) is 0 Å². The Morgan fingerprint density at radius 3 is 2.67 bits per heavy atom. The predicted octanol–water partition coefficient (Wildman–Crippen LogP) is 5.25. The minimum absolute atomic E-state index is 0.244. The molecule has 1 aromatic heterocycles. The Morgan fingerprint density at radius 2 is 2.06 bits per heavy atom. The van der Waals surface area contributed by atoms with Gasteiger partial charge in [0.05, 0.1) is 18.6 Å². The van der Waals surface area contributed by atoms with Gasteiger partial charge in [0.15, 0.2) is 0 Å². The van der Waals surface area contributed by atoms with E-state index in [4.69, 9.17) is 23.2 Å². The average molecular weight is 383 g/mol. The van der Waals surface area contributed by atoms with Crippen molar-refractivity contribution in [3.8, 4) is 0 Å². The zero-order valence-corrected chi connectivity index (χ0v) is 13.5. The smallest absolute Gasteiger partial charge is 0.262 e. The van der Waals surface area contributed by atoms with Gasteiger partial charge >= 0.3 is 0 Å². The third-order valence-corrected chi connectivity index (χ3v) is 5.06. The standard InChI is InChI=1S/C11H6BrCl2NOS2/c12-9-3-4-10(17-9)18-15-11(16)7-2-1-6(13)5-8(7)14/h1-5H,(H,15,16). The second kappa shape index (κ2) is 6.30. The summed E-state index contributed by atoms with van der Waals surface area (Å²) in [4.78, 5) is 11.9. The Hall–Kier alpha value is -0.200. The molecule has 0 atom stereocenters. The van der Waals surface area contributed by atoms with Gasteiger partial charge in [0, 0.05) is 5.02 Å². The van der Waals surface area contributed by atoms with Gasteiger partial charge in [-0.05, 0) is 58.2 Å². The molecule has 2 rings (SSSR count). The van der Waals surface area contributed by atoms with Crippen molar-refractivity contribution in [1.29, 1.82) is 0 Å². The van der Waals surface area contributed by atoms with E-state index in [0.29, 0.717) is 15.6 Å². The molecule has 1 amide bonds. The maximum atomic E-state index is 11.9. The summed E-state index contributed by atoms with van der Waals surface area (Å²) in [6, 6.07) is 8.63. The number of benzene rings is 1. The maximum absolute atomic E-state index is 11.9. The number of carbonyl (C=O) groups excluding carboxylic acids is 1. The molecule has 0 bridgehead atoms. The number of carbonyl (C=O) groups is 1. The second-order valence-electron chi connectivity index (χ2n) is 3.22. The number of hydrogen-bond donors (Lipinski definition) is 1. The van der Waals surface area contributed by atoms with Gasteiger partial charge in [0.2, 0.25) is 0 Å². The summed E-state index contributed by atoms with van der Waals surface area (Å²) >= 11 is 17.9. The van der Waals surface area contributed by atoms with Crippen LogP contribution in [0.3, 0.4) is 0 Å². The summed E-state index contributed by atoms with van der Waals surface area (Å²) in [7, 11) is 0. The van der Waals surface area contributed by atoms with Crippen LogP contribution >= 0.6 is 62.4 Å². The van der Waals surface area contributed by atoms with E-state index in [1.165, 1.54) is 11.9 Å². The number of thiophene rings is 1. The highest BCUT2D eigenvalue weighted by molar-refractivity contribution is 9.11. The molecule has 1 N–H and O–H groups in total. The fourth-order valence-corrected chi connectivity index (χ4v) is 4.11. The number of nitrogens with one attached hydrogen (secondary N) is 1. The lowest BCUT2D eigenvalue weighted by molar-refractivity contribution is 0.0984. The molecule has 94 valence electrons. The second-order valence-corrected chi connectivity index (χ2v) is 7.63. The normalized spacial score (nSPS) is 10.4. The molecule has 0 aliphatic carbocycles. The van der Waals surface area contributed by atoms with Crippen LogP contribution in [-0.4, -0.2) is 5.91 Å².